The SMILES string of the molecule is CC(C)(C)c1cc(-c2cc3c4ccccc4n(-c4ccccc4)c3cn2)cc(-c2cccc3c2nc(-c2cc(C(C)(C)C)cc(C(C)(C)C)c2O)n3-c2ccc(C(C)(C)C)cc2-c2ccccc2)c1. The van der Waals surface area contributed by atoms with Crippen molar-refractivity contribution in [3.63, 3.8) is 0 Å². The van der Waals surface area contributed by atoms with Gasteiger partial charge in [-0.25, -0.2) is 4.98 Å². The van der Waals surface area contributed by atoms with Gasteiger partial charge in [0, 0.05) is 38.7 Å². The third kappa shape index (κ3) is 8.22. The molecule has 3 aromatic heterocycles. The van der Waals surface area contributed by atoms with Crippen LogP contribution in [0.5, 0.6) is 5.75 Å². The Bertz CT molecular complexity index is 3580. The van der Waals surface area contributed by atoms with Crippen molar-refractivity contribution >= 4 is 32.8 Å². The van der Waals surface area contributed by atoms with E-state index in [1.807, 2.05) is 6.20 Å². The first-order valence-corrected chi connectivity index (χ1v) is 24.4. The second-order valence-electron chi connectivity index (χ2n) is 23.0. The molecule has 0 fully saturated rings. The molecular formula is C64H64N4O. The second kappa shape index (κ2) is 16.5. The zero-order chi connectivity index (χ0) is 48.8. The van der Waals surface area contributed by atoms with E-state index in [4.69, 9.17) is 9.97 Å². The minimum atomic E-state index is -0.330. The van der Waals surface area contributed by atoms with E-state index in [1.54, 1.807) is 0 Å². The monoisotopic (exact) mass is 905 g/mol. The highest BCUT2D eigenvalue weighted by molar-refractivity contribution is 6.10. The maximum atomic E-state index is 12.6. The Kier molecular flexibility index (Phi) is 10.9. The van der Waals surface area contributed by atoms with Gasteiger partial charge in [-0.15, -0.1) is 0 Å². The van der Waals surface area contributed by atoms with E-state index < -0.39 is 0 Å². The smallest absolute Gasteiger partial charge is 0.149 e. The molecular weight excluding hydrogens is 841 g/mol. The molecule has 7 aromatic carbocycles. The Hall–Kier alpha value is -7.24. The summed E-state index contributed by atoms with van der Waals surface area (Å²) in [6.07, 6.45) is 2.04. The second-order valence-corrected chi connectivity index (χ2v) is 23.0. The molecule has 10 aromatic rings. The Balaban J connectivity index is 1.26. The van der Waals surface area contributed by atoms with E-state index in [1.165, 1.54) is 16.5 Å². The van der Waals surface area contributed by atoms with E-state index in [0.29, 0.717) is 11.4 Å². The van der Waals surface area contributed by atoms with Gasteiger partial charge in [0.15, 0.2) is 0 Å². The zero-order valence-electron chi connectivity index (χ0n) is 42.3. The van der Waals surface area contributed by atoms with Crippen LogP contribution in [0.1, 0.15) is 105 Å². The molecule has 3 heterocycles. The van der Waals surface area contributed by atoms with E-state index >= 15 is 0 Å². The number of aromatic hydroxyl groups is 1. The molecule has 0 aliphatic heterocycles. The van der Waals surface area contributed by atoms with Crippen molar-refractivity contribution in [3.05, 3.63) is 186 Å². The molecule has 1 N–H and O–H groups in total. The third-order valence-electron chi connectivity index (χ3n) is 13.9. The number of para-hydroxylation sites is 3. The summed E-state index contributed by atoms with van der Waals surface area (Å²) in [6, 6.07) is 56.8. The van der Waals surface area contributed by atoms with Gasteiger partial charge in [0.05, 0.1) is 45.2 Å². The Morgan fingerprint density at radius 1 is 0.420 bits per heavy atom. The number of hydrogen-bond acceptors (Lipinski definition) is 3. The van der Waals surface area contributed by atoms with E-state index in [9.17, 15) is 5.11 Å². The first-order valence-electron chi connectivity index (χ1n) is 24.4. The molecule has 0 amide bonds. The van der Waals surface area contributed by atoms with Crippen molar-refractivity contribution < 1.29 is 5.11 Å². The van der Waals surface area contributed by atoms with Gasteiger partial charge in [0.25, 0.3) is 0 Å². The molecule has 0 unspecified atom stereocenters. The van der Waals surface area contributed by atoms with Crippen LogP contribution in [-0.2, 0) is 21.7 Å². The van der Waals surface area contributed by atoms with Crippen LogP contribution in [-0.4, -0.2) is 24.2 Å². The molecule has 0 aliphatic rings. The van der Waals surface area contributed by atoms with Crippen LogP contribution < -0.4 is 0 Å². The Labute approximate surface area is 408 Å². The fraction of sp³-hybridized carbons (Fsp3) is 0.250. The largest absolute Gasteiger partial charge is 0.507 e. The minimum absolute atomic E-state index is 0.0793. The predicted molar refractivity (Wildman–Crippen MR) is 291 cm³/mol. The summed E-state index contributed by atoms with van der Waals surface area (Å²) < 4.78 is 4.61. The maximum Gasteiger partial charge on any atom is 0.149 e. The number of pyridine rings is 1. The fourth-order valence-electron chi connectivity index (χ4n) is 9.86. The van der Waals surface area contributed by atoms with Crippen molar-refractivity contribution in [1.82, 2.24) is 19.1 Å². The molecule has 0 spiro atoms. The topological polar surface area (TPSA) is 55.9 Å². The summed E-state index contributed by atoms with van der Waals surface area (Å²) in [7, 11) is 0. The average Bonchev–Trinajstić information content (AvgIpc) is 3.86. The average molecular weight is 905 g/mol. The van der Waals surface area contributed by atoms with Crippen LogP contribution in [0.2, 0.25) is 0 Å². The standard InChI is InChI=1S/C64H64N4O/c1-61(2,3)43-30-31-55(49(35-43)40-22-15-13-16-23-40)68-56-29-21-27-47(58(56)66-60(68)51-36-45(63(7,8)9)37-52(59(51)69)64(10,11)12)41-32-42(34-44(33-41)62(4,5)6)53-38-50-48-26-19-20-28-54(48)67(57(50)39-65-53)46-24-17-14-18-25-46/h13-39,69H,1-12H3. The lowest BCUT2D eigenvalue weighted by molar-refractivity contribution is 0.446. The van der Waals surface area contributed by atoms with Gasteiger partial charge in [0.2, 0.25) is 0 Å². The van der Waals surface area contributed by atoms with Crippen LogP contribution in [0.4, 0.5) is 0 Å². The van der Waals surface area contributed by atoms with Crippen molar-refractivity contribution in [3.8, 4) is 62.0 Å². The van der Waals surface area contributed by atoms with Crippen molar-refractivity contribution in [1.29, 1.82) is 0 Å². The molecule has 346 valence electrons. The normalized spacial score (nSPS) is 12.7. The lowest BCUT2D eigenvalue weighted by Crippen LogP contribution is -2.17. The number of phenolic OH excluding ortho intramolecular Hbond substituents is 1. The molecule has 10 rings (SSSR count). The Morgan fingerprint density at radius 2 is 1.03 bits per heavy atom. The van der Waals surface area contributed by atoms with E-state index in [2.05, 4.69) is 250 Å². The number of hydrogen-bond donors (Lipinski definition) is 1. The quantitative estimate of drug-likeness (QED) is 0.181. The first kappa shape index (κ1) is 45.5. The van der Waals surface area contributed by atoms with Crippen molar-refractivity contribution in [2.24, 2.45) is 0 Å². The molecule has 0 atom stereocenters. The molecule has 5 heteroatoms. The van der Waals surface area contributed by atoms with Gasteiger partial charge >= 0.3 is 0 Å². The van der Waals surface area contributed by atoms with Gasteiger partial charge in [-0.1, -0.05) is 180 Å². The number of nitrogens with zero attached hydrogens (tertiary/aromatic N) is 4. The summed E-state index contributed by atoms with van der Waals surface area (Å²) in [5, 5.41) is 15.0. The highest BCUT2D eigenvalue weighted by Crippen LogP contribution is 2.46. The number of rotatable bonds is 6. The summed E-state index contributed by atoms with van der Waals surface area (Å²) >= 11 is 0. The lowest BCUT2D eigenvalue weighted by atomic mass is 9.79. The van der Waals surface area contributed by atoms with Gasteiger partial charge < -0.3 is 9.67 Å². The van der Waals surface area contributed by atoms with Crippen LogP contribution in [0, 0.1) is 0 Å². The number of aromatic nitrogens is 4. The molecule has 0 radical (unpaired) electrons. The lowest BCUT2D eigenvalue weighted by Gasteiger charge is -2.28. The van der Waals surface area contributed by atoms with Gasteiger partial charge in [-0.2, -0.15) is 0 Å². The van der Waals surface area contributed by atoms with Crippen LogP contribution >= 0.6 is 0 Å². The van der Waals surface area contributed by atoms with Crippen LogP contribution in [0.3, 0.4) is 0 Å². The number of benzene rings is 7. The van der Waals surface area contributed by atoms with E-state index in [0.717, 1.165) is 83.5 Å². The van der Waals surface area contributed by atoms with Gasteiger partial charge in [0.1, 0.15) is 11.6 Å². The molecule has 69 heavy (non-hydrogen) atoms. The highest BCUT2D eigenvalue weighted by atomic mass is 16.3. The molecule has 0 saturated heterocycles. The zero-order valence-corrected chi connectivity index (χ0v) is 42.3. The third-order valence-corrected chi connectivity index (χ3v) is 13.9. The van der Waals surface area contributed by atoms with Crippen molar-refractivity contribution in [2.45, 2.75) is 105 Å². The summed E-state index contributed by atoms with van der Waals surface area (Å²) in [5.74, 6) is 0.953. The van der Waals surface area contributed by atoms with Gasteiger partial charge in [-0.05, 0) is 110 Å². The number of fused-ring (bicyclic) bond motifs is 4. The highest BCUT2D eigenvalue weighted by Gasteiger charge is 2.30. The first-order chi connectivity index (χ1) is 32.7. The number of imidazole rings is 1. The minimum Gasteiger partial charge on any atom is -0.507 e. The summed E-state index contributed by atoms with van der Waals surface area (Å²) in [4.78, 5) is 11.0. The van der Waals surface area contributed by atoms with Gasteiger partial charge in [-0.3, -0.25) is 9.55 Å². The fourth-order valence-corrected chi connectivity index (χ4v) is 9.86. The molecule has 0 saturated carbocycles. The summed E-state index contributed by atoms with van der Waals surface area (Å²) in [5.41, 5.74) is 16.8. The maximum absolute atomic E-state index is 12.6. The van der Waals surface area contributed by atoms with Crippen molar-refractivity contribution in [2.75, 3.05) is 0 Å². The molecule has 0 bridgehead atoms. The Morgan fingerprint density at radius 3 is 1.71 bits per heavy atom. The summed E-state index contributed by atoms with van der Waals surface area (Å²) in [6.45, 7) is 26.9. The van der Waals surface area contributed by atoms with E-state index in [-0.39, 0.29) is 27.4 Å². The molecule has 5 nitrogen and oxygen atoms in total. The van der Waals surface area contributed by atoms with Crippen LogP contribution in [0.25, 0.3) is 89.1 Å². The predicted octanol–water partition coefficient (Wildman–Crippen LogP) is 17.1. The number of phenols is 1. The molecule has 0 aliphatic carbocycles. The van der Waals surface area contributed by atoms with Crippen LogP contribution in [0.15, 0.2) is 164 Å².